The Kier molecular flexibility index (Phi) is 55.7. The lowest BCUT2D eigenvalue weighted by Crippen LogP contribution is -2.30. The fourth-order valence-electron chi connectivity index (χ4n) is 8.74. The van der Waals surface area contributed by atoms with Gasteiger partial charge >= 0.3 is 17.9 Å². The topological polar surface area (TPSA) is 78.9 Å². The van der Waals surface area contributed by atoms with Crippen LogP contribution >= 0.6 is 0 Å². The highest BCUT2D eigenvalue weighted by molar-refractivity contribution is 5.71. The molecule has 0 heterocycles. The van der Waals surface area contributed by atoms with E-state index in [9.17, 15) is 14.4 Å². The molecule has 0 bridgehead atoms. The number of ether oxygens (including phenoxy) is 3. The molecule has 0 amide bonds. The molecular formula is C63H114O6. The van der Waals surface area contributed by atoms with E-state index >= 15 is 0 Å². The summed E-state index contributed by atoms with van der Waals surface area (Å²) in [5.74, 6) is -0.873. The lowest BCUT2D eigenvalue weighted by Gasteiger charge is -2.18. The number of hydrogen-bond donors (Lipinski definition) is 0. The van der Waals surface area contributed by atoms with Gasteiger partial charge < -0.3 is 14.2 Å². The van der Waals surface area contributed by atoms with Gasteiger partial charge in [-0.05, 0) is 83.5 Å². The van der Waals surface area contributed by atoms with Crippen LogP contribution in [0, 0.1) is 0 Å². The molecule has 402 valence electrons. The van der Waals surface area contributed by atoms with Crippen LogP contribution in [0.15, 0.2) is 48.6 Å². The Labute approximate surface area is 428 Å². The normalized spacial score (nSPS) is 12.3. The largest absolute Gasteiger partial charge is 0.462 e. The van der Waals surface area contributed by atoms with E-state index in [1.807, 2.05) is 0 Å². The third-order valence-electron chi connectivity index (χ3n) is 13.3. The summed E-state index contributed by atoms with van der Waals surface area (Å²) in [4.78, 5) is 38.1. The maximum atomic E-state index is 12.9. The fourth-order valence-corrected chi connectivity index (χ4v) is 8.74. The molecule has 0 N–H and O–H groups in total. The van der Waals surface area contributed by atoms with Crippen LogP contribution < -0.4 is 0 Å². The van der Waals surface area contributed by atoms with Gasteiger partial charge in [0.2, 0.25) is 0 Å². The Morgan fingerprint density at radius 3 is 0.826 bits per heavy atom. The van der Waals surface area contributed by atoms with Crippen molar-refractivity contribution in [3.8, 4) is 0 Å². The summed E-state index contributed by atoms with van der Waals surface area (Å²) in [7, 11) is 0. The Bertz CT molecular complexity index is 1200. The third kappa shape index (κ3) is 56.2. The molecule has 0 fully saturated rings. The predicted octanol–water partition coefficient (Wildman–Crippen LogP) is 20.2. The molecule has 0 rings (SSSR count). The molecular weight excluding hydrogens is 853 g/mol. The number of hydrogen-bond acceptors (Lipinski definition) is 6. The van der Waals surface area contributed by atoms with E-state index in [2.05, 4.69) is 69.4 Å². The first-order valence-electron chi connectivity index (χ1n) is 30.1. The Balaban J connectivity index is 4.28. The van der Waals surface area contributed by atoms with E-state index in [0.29, 0.717) is 19.3 Å². The summed E-state index contributed by atoms with van der Waals surface area (Å²) in [5.41, 5.74) is 0. The zero-order valence-corrected chi connectivity index (χ0v) is 46.1. The summed E-state index contributed by atoms with van der Waals surface area (Å²) >= 11 is 0. The van der Waals surface area contributed by atoms with Crippen molar-refractivity contribution in [2.75, 3.05) is 13.2 Å². The van der Waals surface area contributed by atoms with Gasteiger partial charge in [0.15, 0.2) is 6.10 Å². The average molecular weight is 968 g/mol. The second kappa shape index (κ2) is 57.9. The van der Waals surface area contributed by atoms with Crippen LogP contribution in [0.25, 0.3) is 0 Å². The van der Waals surface area contributed by atoms with Gasteiger partial charge in [0.05, 0.1) is 0 Å². The summed E-state index contributed by atoms with van der Waals surface area (Å²) in [6, 6.07) is 0. The van der Waals surface area contributed by atoms with Gasteiger partial charge in [-0.3, -0.25) is 14.4 Å². The smallest absolute Gasteiger partial charge is 0.306 e. The van der Waals surface area contributed by atoms with Gasteiger partial charge in [-0.2, -0.15) is 0 Å². The molecule has 0 radical (unpaired) electrons. The molecule has 0 spiro atoms. The van der Waals surface area contributed by atoms with Gasteiger partial charge in [0.1, 0.15) is 13.2 Å². The molecule has 0 saturated carbocycles. The number of carbonyl (C=O) groups is 3. The van der Waals surface area contributed by atoms with Gasteiger partial charge in [-0.25, -0.2) is 0 Å². The monoisotopic (exact) mass is 967 g/mol. The van der Waals surface area contributed by atoms with Crippen LogP contribution in [0.4, 0.5) is 0 Å². The standard InChI is InChI=1S/C63H114O6/c1-4-7-10-13-16-19-22-24-26-28-30-31-32-33-34-36-37-39-41-44-47-50-53-56-62(65)68-59-60(58-67-61(64)55-52-49-46-43-21-18-15-12-9-6-3)69-63(66)57-54-51-48-45-42-40-38-35-29-27-25-23-20-17-14-11-8-5-2/h22,24,27-30,32-33,60H,4-21,23,25-26,31,34-59H2,1-3H3/b24-22-,29-27-,30-28-,33-32-. The molecule has 0 aromatic heterocycles. The van der Waals surface area contributed by atoms with E-state index in [1.165, 1.54) is 199 Å². The van der Waals surface area contributed by atoms with Crippen molar-refractivity contribution in [2.24, 2.45) is 0 Å². The SMILES string of the molecule is CCCCCCC/C=C\C/C=C\C/C=C\CCCCCCCCCCC(=O)OCC(COC(=O)CCCCCCCCCCCC)OC(=O)CCCCCCCCC/C=C\CCCCCCCCC. The first-order valence-corrected chi connectivity index (χ1v) is 30.1. The molecule has 6 heteroatoms. The van der Waals surface area contributed by atoms with Crippen LogP contribution in [-0.2, 0) is 28.6 Å². The molecule has 0 aromatic rings. The van der Waals surface area contributed by atoms with Crippen LogP contribution in [-0.4, -0.2) is 37.2 Å². The molecule has 0 aliphatic rings. The zero-order valence-electron chi connectivity index (χ0n) is 46.1. The van der Waals surface area contributed by atoms with Gasteiger partial charge in [0, 0.05) is 19.3 Å². The van der Waals surface area contributed by atoms with Crippen molar-refractivity contribution >= 4 is 17.9 Å². The van der Waals surface area contributed by atoms with Gasteiger partial charge in [0.25, 0.3) is 0 Å². The van der Waals surface area contributed by atoms with Crippen molar-refractivity contribution < 1.29 is 28.6 Å². The molecule has 0 aliphatic carbocycles. The quantitative estimate of drug-likeness (QED) is 0.0262. The Hall–Kier alpha value is -2.63. The highest BCUT2D eigenvalue weighted by Crippen LogP contribution is 2.16. The van der Waals surface area contributed by atoms with E-state index in [1.54, 1.807) is 0 Å². The highest BCUT2D eigenvalue weighted by Gasteiger charge is 2.19. The maximum absolute atomic E-state index is 12.9. The lowest BCUT2D eigenvalue weighted by atomic mass is 10.1. The van der Waals surface area contributed by atoms with Crippen molar-refractivity contribution in [1.29, 1.82) is 0 Å². The Morgan fingerprint density at radius 2 is 0.522 bits per heavy atom. The fraction of sp³-hybridized carbons (Fsp3) is 0.825. The van der Waals surface area contributed by atoms with E-state index in [4.69, 9.17) is 14.2 Å². The summed E-state index contributed by atoms with van der Waals surface area (Å²) in [5, 5.41) is 0. The van der Waals surface area contributed by atoms with Gasteiger partial charge in [-0.15, -0.1) is 0 Å². The minimum absolute atomic E-state index is 0.0744. The van der Waals surface area contributed by atoms with Gasteiger partial charge in [-0.1, -0.05) is 262 Å². The van der Waals surface area contributed by atoms with Crippen LogP contribution in [0.1, 0.15) is 316 Å². The maximum Gasteiger partial charge on any atom is 0.306 e. The number of esters is 3. The molecule has 0 aromatic carbocycles. The number of carbonyl (C=O) groups excluding carboxylic acids is 3. The second-order valence-corrected chi connectivity index (χ2v) is 20.3. The number of unbranched alkanes of at least 4 members (excludes halogenated alkanes) is 36. The van der Waals surface area contributed by atoms with E-state index in [-0.39, 0.29) is 31.1 Å². The predicted molar refractivity (Wildman–Crippen MR) is 298 cm³/mol. The van der Waals surface area contributed by atoms with Crippen molar-refractivity contribution in [2.45, 2.75) is 322 Å². The summed E-state index contributed by atoms with van der Waals surface area (Å²) < 4.78 is 16.9. The van der Waals surface area contributed by atoms with Crippen molar-refractivity contribution in [1.82, 2.24) is 0 Å². The second-order valence-electron chi connectivity index (χ2n) is 20.3. The molecule has 0 saturated heterocycles. The Morgan fingerprint density at radius 1 is 0.290 bits per heavy atom. The van der Waals surface area contributed by atoms with E-state index < -0.39 is 6.10 Å². The third-order valence-corrected chi connectivity index (χ3v) is 13.3. The van der Waals surface area contributed by atoms with Crippen molar-refractivity contribution in [3.05, 3.63) is 48.6 Å². The van der Waals surface area contributed by atoms with Crippen LogP contribution in [0.5, 0.6) is 0 Å². The first-order chi connectivity index (χ1) is 34.0. The zero-order chi connectivity index (χ0) is 50.0. The minimum Gasteiger partial charge on any atom is -0.462 e. The summed E-state index contributed by atoms with van der Waals surface area (Å²) in [6.07, 6.45) is 71.1. The van der Waals surface area contributed by atoms with Crippen LogP contribution in [0.3, 0.4) is 0 Å². The molecule has 0 aliphatic heterocycles. The van der Waals surface area contributed by atoms with Crippen LogP contribution in [0.2, 0.25) is 0 Å². The highest BCUT2D eigenvalue weighted by atomic mass is 16.6. The minimum atomic E-state index is -0.776. The first kappa shape index (κ1) is 66.4. The number of allylic oxidation sites excluding steroid dienone is 8. The average Bonchev–Trinajstić information content (AvgIpc) is 3.35. The molecule has 1 unspecified atom stereocenters. The number of rotatable bonds is 55. The molecule has 1 atom stereocenters. The molecule has 6 nitrogen and oxygen atoms in total. The molecule has 69 heavy (non-hydrogen) atoms. The van der Waals surface area contributed by atoms with Crippen molar-refractivity contribution in [3.63, 3.8) is 0 Å². The van der Waals surface area contributed by atoms with E-state index in [0.717, 1.165) is 77.0 Å². The lowest BCUT2D eigenvalue weighted by molar-refractivity contribution is -0.167. The summed E-state index contributed by atoms with van der Waals surface area (Å²) in [6.45, 7) is 6.64.